The number of hydrogen-bond donors (Lipinski definition) is 2. The Kier molecular flexibility index (Phi) is 5.95. The molecule has 1 aliphatic heterocycles. The molecule has 0 aromatic heterocycles. The van der Waals surface area contributed by atoms with Gasteiger partial charge < -0.3 is 15.4 Å². The van der Waals surface area contributed by atoms with E-state index < -0.39 is 0 Å². The van der Waals surface area contributed by atoms with Crippen molar-refractivity contribution < 1.29 is 13.9 Å². The SMILES string of the molecule is Cc1ccc(F)cc1NC(=O)NCCCN1CCOCC1. The van der Waals surface area contributed by atoms with Crippen LogP contribution in [0.5, 0.6) is 0 Å². The van der Waals surface area contributed by atoms with Crippen molar-refractivity contribution >= 4 is 11.7 Å². The van der Waals surface area contributed by atoms with Gasteiger partial charge in [-0.15, -0.1) is 0 Å². The van der Waals surface area contributed by atoms with Gasteiger partial charge in [0.15, 0.2) is 0 Å². The van der Waals surface area contributed by atoms with E-state index >= 15 is 0 Å². The van der Waals surface area contributed by atoms with Crippen LogP contribution in [0.25, 0.3) is 0 Å². The van der Waals surface area contributed by atoms with Gasteiger partial charge in [-0.05, 0) is 37.6 Å². The van der Waals surface area contributed by atoms with Crippen LogP contribution in [-0.2, 0) is 4.74 Å². The zero-order valence-electron chi connectivity index (χ0n) is 12.3. The molecule has 0 aliphatic carbocycles. The second-order valence-electron chi connectivity index (χ2n) is 5.15. The molecule has 0 atom stereocenters. The molecular formula is C15H22FN3O2. The molecule has 0 bridgehead atoms. The van der Waals surface area contributed by atoms with Gasteiger partial charge in [-0.1, -0.05) is 6.07 Å². The van der Waals surface area contributed by atoms with E-state index in [1.807, 2.05) is 6.92 Å². The summed E-state index contributed by atoms with van der Waals surface area (Å²) in [6.07, 6.45) is 0.884. The molecule has 0 unspecified atom stereocenters. The van der Waals surface area contributed by atoms with E-state index in [2.05, 4.69) is 15.5 Å². The first-order valence-corrected chi connectivity index (χ1v) is 7.26. The monoisotopic (exact) mass is 295 g/mol. The maximum absolute atomic E-state index is 13.1. The smallest absolute Gasteiger partial charge is 0.319 e. The van der Waals surface area contributed by atoms with Gasteiger partial charge in [-0.3, -0.25) is 4.90 Å². The number of urea groups is 1. The molecule has 1 aromatic rings. The van der Waals surface area contributed by atoms with Crippen molar-refractivity contribution in [2.24, 2.45) is 0 Å². The number of nitrogens with zero attached hydrogens (tertiary/aromatic N) is 1. The molecule has 1 saturated heterocycles. The van der Waals surface area contributed by atoms with Gasteiger partial charge in [0.1, 0.15) is 5.82 Å². The number of nitrogens with one attached hydrogen (secondary N) is 2. The summed E-state index contributed by atoms with van der Waals surface area (Å²) < 4.78 is 18.4. The molecule has 21 heavy (non-hydrogen) atoms. The quantitative estimate of drug-likeness (QED) is 0.817. The number of carbonyl (C=O) groups excluding carboxylic acids is 1. The van der Waals surface area contributed by atoms with E-state index in [1.54, 1.807) is 6.07 Å². The van der Waals surface area contributed by atoms with Crippen molar-refractivity contribution in [1.82, 2.24) is 10.2 Å². The molecular weight excluding hydrogens is 273 g/mol. The number of benzene rings is 1. The number of hydrogen-bond acceptors (Lipinski definition) is 3. The van der Waals surface area contributed by atoms with Gasteiger partial charge in [0.2, 0.25) is 0 Å². The first-order valence-electron chi connectivity index (χ1n) is 7.26. The number of halogens is 1. The Morgan fingerprint density at radius 3 is 2.90 bits per heavy atom. The van der Waals surface area contributed by atoms with Gasteiger partial charge in [-0.2, -0.15) is 0 Å². The summed E-state index contributed by atoms with van der Waals surface area (Å²) in [6.45, 7) is 6.84. The Bertz CT molecular complexity index is 476. The number of morpholine rings is 1. The molecule has 2 N–H and O–H groups in total. The molecule has 5 nitrogen and oxygen atoms in total. The highest BCUT2D eigenvalue weighted by atomic mass is 19.1. The van der Waals surface area contributed by atoms with E-state index in [4.69, 9.17) is 4.74 Å². The summed E-state index contributed by atoms with van der Waals surface area (Å²) in [5.41, 5.74) is 1.33. The largest absolute Gasteiger partial charge is 0.379 e. The fourth-order valence-electron chi connectivity index (χ4n) is 2.22. The highest BCUT2D eigenvalue weighted by Gasteiger charge is 2.10. The lowest BCUT2D eigenvalue weighted by atomic mass is 10.2. The molecule has 1 aromatic carbocycles. The van der Waals surface area contributed by atoms with Crippen LogP contribution in [0.3, 0.4) is 0 Å². The van der Waals surface area contributed by atoms with Crippen LogP contribution in [0.15, 0.2) is 18.2 Å². The molecule has 0 spiro atoms. The molecule has 116 valence electrons. The van der Waals surface area contributed by atoms with Gasteiger partial charge in [0.05, 0.1) is 13.2 Å². The van der Waals surface area contributed by atoms with Crippen molar-refractivity contribution in [3.8, 4) is 0 Å². The predicted octanol–water partition coefficient (Wildman–Crippen LogP) is 1.98. The fraction of sp³-hybridized carbons (Fsp3) is 0.533. The molecule has 1 fully saturated rings. The number of amides is 2. The Morgan fingerprint density at radius 2 is 2.14 bits per heavy atom. The summed E-state index contributed by atoms with van der Waals surface area (Å²) >= 11 is 0. The molecule has 1 heterocycles. The average molecular weight is 295 g/mol. The third-order valence-corrected chi connectivity index (χ3v) is 3.49. The summed E-state index contributed by atoms with van der Waals surface area (Å²) in [6, 6.07) is 4.04. The van der Waals surface area contributed by atoms with E-state index in [0.29, 0.717) is 12.2 Å². The van der Waals surface area contributed by atoms with Crippen LogP contribution in [0.2, 0.25) is 0 Å². The molecule has 2 rings (SSSR count). The van der Waals surface area contributed by atoms with Crippen LogP contribution in [0, 0.1) is 12.7 Å². The first kappa shape index (κ1) is 15.7. The second kappa shape index (κ2) is 7.95. The Labute approximate surface area is 124 Å². The Balaban J connectivity index is 1.66. The topological polar surface area (TPSA) is 53.6 Å². The van der Waals surface area contributed by atoms with E-state index in [-0.39, 0.29) is 11.8 Å². The fourth-order valence-corrected chi connectivity index (χ4v) is 2.22. The van der Waals surface area contributed by atoms with E-state index in [0.717, 1.165) is 44.8 Å². The predicted molar refractivity (Wildman–Crippen MR) is 80.0 cm³/mol. The Morgan fingerprint density at radius 1 is 1.38 bits per heavy atom. The van der Waals surface area contributed by atoms with Crippen LogP contribution in [0.4, 0.5) is 14.9 Å². The zero-order chi connectivity index (χ0) is 15.1. The van der Waals surface area contributed by atoms with Crippen molar-refractivity contribution in [3.63, 3.8) is 0 Å². The van der Waals surface area contributed by atoms with Gasteiger partial charge >= 0.3 is 6.03 Å². The third kappa shape index (κ3) is 5.32. The lowest BCUT2D eigenvalue weighted by Crippen LogP contribution is -2.38. The van der Waals surface area contributed by atoms with Gasteiger partial charge in [0.25, 0.3) is 0 Å². The Hall–Kier alpha value is -1.66. The normalized spacial score (nSPS) is 15.7. The van der Waals surface area contributed by atoms with Gasteiger partial charge in [0, 0.05) is 25.3 Å². The lowest BCUT2D eigenvalue weighted by molar-refractivity contribution is 0.0375. The van der Waals surface area contributed by atoms with Crippen molar-refractivity contribution in [2.75, 3.05) is 44.7 Å². The van der Waals surface area contributed by atoms with Crippen molar-refractivity contribution in [3.05, 3.63) is 29.6 Å². The minimum Gasteiger partial charge on any atom is -0.379 e. The molecule has 0 saturated carbocycles. The van der Waals surface area contributed by atoms with Crippen LogP contribution in [-0.4, -0.2) is 50.3 Å². The summed E-state index contributed by atoms with van der Waals surface area (Å²) in [5, 5.41) is 5.45. The maximum Gasteiger partial charge on any atom is 0.319 e. The highest BCUT2D eigenvalue weighted by Crippen LogP contribution is 2.15. The summed E-state index contributed by atoms with van der Waals surface area (Å²) in [4.78, 5) is 14.1. The first-order chi connectivity index (χ1) is 10.1. The number of carbonyl (C=O) groups is 1. The average Bonchev–Trinajstić information content (AvgIpc) is 2.48. The summed E-state index contributed by atoms with van der Waals surface area (Å²) in [7, 11) is 0. The van der Waals surface area contributed by atoms with Crippen molar-refractivity contribution in [1.29, 1.82) is 0 Å². The second-order valence-corrected chi connectivity index (χ2v) is 5.15. The molecule has 0 radical (unpaired) electrons. The van der Waals surface area contributed by atoms with Crippen LogP contribution in [0.1, 0.15) is 12.0 Å². The zero-order valence-corrected chi connectivity index (χ0v) is 12.3. The van der Waals surface area contributed by atoms with E-state index in [9.17, 15) is 9.18 Å². The number of anilines is 1. The minimum absolute atomic E-state index is 0.300. The van der Waals surface area contributed by atoms with Gasteiger partial charge in [-0.25, -0.2) is 9.18 Å². The van der Waals surface area contributed by atoms with E-state index in [1.165, 1.54) is 12.1 Å². The highest BCUT2D eigenvalue weighted by molar-refractivity contribution is 5.89. The van der Waals surface area contributed by atoms with Crippen LogP contribution < -0.4 is 10.6 Å². The van der Waals surface area contributed by atoms with Crippen molar-refractivity contribution in [2.45, 2.75) is 13.3 Å². The molecule has 1 aliphatic rings. The third-order valence-electron chi connectivity index (χ3n) is 3.49. The van der Waals surface area contributed by atoms with Crippen LogP contribution >= 0.6 is 0 Å². The lowest BCUT2D eigenvalue weighted by Gasteiger charge is -2.26. The molecule has 6 heteroatoms. The number of rotatable bonds is 5. The number of ether oxygens (including phenoxy) is 1. The number of aryl methyl sites for hydroxylation is 1. The minimum atomic E-state index is -0.358. The molecule has 2 amide bonds. The summed E-state index contributed by atoms with van der Waals surface area (Å²) in [5.74, 6) is -0.358. The maximum atomic E-state index is 13.1. The standard InChI is InChI=1S/C15H22FN3O2/c1-12-3-4-13(16)11-14(12)18-15(20)17-5-2-6-19-7-9-21-10-8-19/h3-4,11H,2,5-10H2,1H3,(H2,17,18,20).